The van der Waals surface area contributed by atoms with Crippen molar-refractivity contribution in [3.05, 3.63) is 125 Å². The molecule has 4 aromatic rings. The van der Waals surface area contributed by atoms with Gasteiger partial charge in [0, 0.05) is 19.0 Å². The topological polar surface area (TPSA) is 96.0 Å². The van der Waals surface area contributed by atoms with Gasteiger partial charge in [0.15, 0.2) is 0 Å². The molecule has 4 aromatic carbocycles. The summed E-state index contributed by atoms with van der Waals surface area (Å²) in [5, 5.41) is 2.98. The minimum atomic E-state index is -4.23. The van der Waals surface area contributed by atoms with Gasteiger partial charge >= 0.3 is 0 Å². The quantitative estimate of drug-likeness (QED) is 0.206. The SMILES string of the molecule is COc1ccc(C)cc1N(CC(=O)N(Cc1ccc(C)cc1)[C@@H](Cc1ccccc1)C(=O)NC(C)C)S(=O)(=O)c1ccccc1. The lowest BCUT2D eigenvalue weighted by Crippen LogP contribution is -2.54. The van der Waals surface area contributed by atoms with Gasteiger partial charge in [0.25, 0.3) is 10.0 Å². The van der Waals surface area contributed by atoms with Gasteiger partial charge < -0.3 is 15.0 Å². The molecule has 0 saturated heterocycles. The van der Waals surface area contributed by atoms with Crippen molar-refractivity contribution < 1.29 is 22.7 Å². The molecule has 2 amide bonds. The molecular weight excluding hydrogens is 586 g/mol. The third kappa shape index (κ3) is 8.51. The summed E-state index contributed by atoms with van der Waals surface area (Å²) in [7, 11) is -2.77. The van der Waals surface area contributed by atoms with E-state index in [4.69, 9.17) is 4.74 Å². The van der Waals surface area contributed by atoms with Gasteiger partial charge in [0.1, 0.15) is 18.3 Å². The number of amides is 2. The predicted octanol–water partition coefficient (Wildman–Crippen LogP) is 5.67. The summed E-state index contributed by atoms with van der Waals surface area (Å²) >= 11 is 0. The summed E-state index contributed by atoms with van der Waals surface area (Å²) in [6.45, 7) is 7.09. The molecule has 0 aliphatic carbocycles. The van der Waals surface area contributed by atoms with E-state index >= 15 is 0 Å². The summed E-state index contributed by atoms with van der Waals surface area (Å²) in [5.41, 5.74) is 3.77. The molecule has 8 nitrogen and oxygen atoms in total. The third-order valence-electron chi connectivity index (χ3n) is 7.39. The van der Waals surface area contributed by atoms with Crippen LogP contribution in [-0.4, -0.2) is 50.9 Å². The Morgan fingerprint density at radius 2 is 1.40 bits per heavy atom. The molecule has 45 heavy (non-hydrogen) atoms. The number of anilines is 1. The number of hydrogen-bond donors (Lipinski definition) is 1. The highest BCUT2D eigenvalue weighted by atomic mass is 32.2. The van der Waals surface area contributed by atoms with Gasteiger partial charge in [-0.15, -0.1) is 0 Å². The van der Waals surface area contributed by atoms with E-state index in [1.54, 1.807) is 30.3 Å². The van der Waals surface area contributed by atoms with E-state index < -0.39 is 28.5 Å². The minimum absolute atomic E-state index is 0.0323. The van der Waals surface area contributed by atoms with Crippen LogP contribution in [0.3, 0.4) is 0 Å². The normalized spacial score (nSPS) is 12.0. The predicted molar refractivity (Wildman–Crippen MR) is 178 cm³/mol. The number of aryl methyl sites for hydroxylation is 2. The Balaban J connectivity index is 1.84. The Morgan fingerprint density at radius 1 is 0.800 bits per heavy atom. The molecule has 4 rings (SSSR count). The monoisotopic (exact) mass is 627 g/mol. The van der Waals surface area contributed by atoms with Crippen LogP contribution in [0, 0.1) is 13.8 Å². The summed E-state index contributed by atoms with van der Waals surface area (Å²) in [4.78, 5) is 29.9. The summed E-state index contributed by atoms with van der Waals surface area (Å²) in [5.74, 6) is -0.547. The second-order valence-corrected chi connectivity index (χ2v) is 13.2. The van der Waals surface area contributed by atoms with E-state index in [9.17, 15) is 18.0 Å². The Labute approximate surface area is 266 Å². The smallest absolute Gasteiger partial charge is 0.264 e. The Kier molecular flexibility index (Phi) is 11.0. The molecule has 0 aliphatic rings. The average Bonchev–Trinajstić information content (AvgIpc) is 3.02. The van der Waals surface area contributed by atoms with Crippen molar-refractivity contribution >= 4 is 27.5 Å². The van der Waals surface area contributed by atoms with Gasteiger partial charge in [-0.05, 0) is 68.7 Å². The first-order chi connectivity index (χ1) is 21.5. The minimum Gasteiger partial charge on any atom is -0.495 e. The molecule has 0 radical (unpaired) electrons. The fourth-order valence-corrected chi connectivity index (χ4v) is 6.49. The van der Waals surface area contributed by atoms with Crippen LogP contribution in [0.2, 0.25) is 0 Å². The maximum Gasteiger partial charge on any atom is 0.264 e. The van der Waals surface area contributed by atoms with Gasteiger partial charge in [0.2, 0.25) is 11.8 Å². The first kappa shape index (κ1) is 33.3. The number of benzene rings is 4. The number of rotatable bonds is 13. The van der Waals surface area contributed by atoms with Gasteiger partial charge in [-0.3, -0.25) is 13.9 Å². The molecule has 0 bridgehead atoms. The van der Waals surface area contributed by atoms with E-state index in [1.807, 2.05) is 88.4 Å². The second kappa shape index (κ2) is 14.9. The summed E-state index contributed by atoms with van der Waals surface area (Å²) in [6.07, 6.45) is 0.246. The van der Waals surface area contributed by atoms with Crippen molar-refractivity contribution in [3.8, 4) is 5.75 Å². The first-order valence-electron chi connectivity index (χ1n) is 14.9. The Hall–Kier alpha value is -4.63. The number of ether oxygens (including phenoxy) is 1. The fraction of sp³-hybridized carbons (Fsp3) is 0.278. The zero-order valence-corrected chi connectivity index (χ0v) is 27.3. The number of carbonyl (C=O) groups excluding carboxylic acids is 2. The van der Waals surface area contributed by atoms with Crippen LogP contribution in [0.25, 0.3) is 0 Å². The Bertz CT molecular complexity index is 1690. The molecule has 0 aromatic heterocycles. The molecule has 0 saturated carbocycles. The van der Waals surface area contributed by atoms with E-state index in [2.05, 4.69) is 5.32 Å². The number of nitrogens with zero attached hydrogens (tertiary/aromatic N) is 2. The van der Waals surface area contributed by atoms with Gasteiger partial charge in [-0.1, -0.05) is 84.4 Å². The lowest BCUT2D eigenvalue weighted by atomic mass is 10.0. The third-order valence-corrected chi connectivity index (χ3v) is 9.16. The average molecular weight is 628 g/mol. The van der Waals surface area contributed by atoms with Gasteiger partial charge in [-0.25, -0.2) is 8.42 Å². The zero-order chi connectivity index (χ0) is 32.6. The van der Waals surface area contributed by atoms with Crippen molar-refractivity contribution in [2.75, 3.05) is 18.0 Å². The molecule has 9 heteroatoms. The molecule has 0 heterocycles. The maximum atomic E-state index is 14.6. The molecule has 0 unspecified atom stereocenters. The molecule has 1 atom stereocenters. The fourth-order valence-electron chi connectivity index (χ4n) is 5.05. The van der Waals surface area contributed by atoms with Gasteiger partial charge in [0.05, 0.1) is 17.7 Å². The van der Waals surface area contributed by atoms with Crippen LogP contribution in [-0.2, 0) is 32.6 Å². The van der Waals surface area contributed by atoms with Crippen LogP contribution < -0.4 is 14.4 Å². The van der Waals surface area contributed by atoms with Crippen molar-refractivity contribution in [2.45, 2.75) is 57.6 Å². The lowest BCUT2D eigenvalue weighted by Gasteiger charge is -2.34. The lowest BCUT2D eigenvalue weighted by molar-refractivity contribution is -0.140. The van der Waals surface area contributed by atoms with Crippen LogP contribution in [0.4, 0.5) is 5.69 Å². The summed E-state index contributed by atoms with van der Waals surface area (Å²) in [6, 6.07) is 29.3. The number of sulfonamides is 1. The molecule has 236 valence electrons. The van der Waals surface area contributed by atoms with Gasteiger partial charge in [-0.2, -0.15) is 0 Å². The highest BCUT2D eigenvalue weighted by Gasteiger charge is 2.35. The van der Waals surface area contributed by atoms with Crippen molar-refractivity contribution in [1.82, 2.24) is 10.2 Å². The number of methoxy groups -OCH3 is 1. The highest BCUT2D eigenvalue weighted by molar-refractivity contribution is 7.92. The van der Waals surface area contributed by atoms with Crippen molar-refractivity contribution in [2.24, 2.45) is 0 Å². The largest absolute Gasteiger partial charge is 0.495 e. The second-order valence-electron chi connectivity index (χ2n) is 11.4. The molecule has 0 fully saturated rings. The molecule has 0 spiro atoms. The molecule has 0 aliphatic heterocycles. The Morgan fingerprint density at radius 3 is 2.00 bits per heavy atom. The van der Waals surface area contributed by atoms with Crippen LogP contribution in [0.15, 0.2) is 108 Å². The number of nitrogens with one attached hydrogen (secondary N) is 1. The highest BCUT2D eigenvalue weighted by Crippen LogP contribution is 2.34. The van der Waals surface area contributed by atoms with Crippen LogP contribution >= 0.6 is 0 Å². The molecular formula is C36H41N3O5S. The van der Waals surface area contributed by atoms with Crippen molar-refractivity contribution in [1.29, 1.82) is 0 Å². The first-order valence-corrected chi connectivity index (χ1v) is 16.4. The maximum absolute atomic E-state index is 14.6. The number of hydrogen-bond acceptors (Lipinski definition) is 5. The number of carbonyl (C=O) groups is 2. The van der Waals surface area contributed by atoms with Crippen LogP contribution in [0.5, 0.6) is 5.75 Å². The standard InChI is InChI=1S/C36H41N3O5S/c1-26(2)37-36(41)33(23-29-12-8-6-9-13-29)38(24-30-19-16-27(3)17-20-30)35(40)25-39(32-22-28(4)18-21-34(32)44-5)45(42,43)31-14-10-7-11-15-31/h6-22,26,33H,23-25H2,1-5H3,(H,37,41)/t33-/m0/s1. The van der Waals surface area contributed by atoms with Crippen molar-refractivity contribution in [3.63, 3.8) is 0 Å². The van der Waals surface area contributed by atoms with Crippen LogP contribution in [0.1, 0.15) is 36.1 Å². The molecule has 1 N–H and O–H groups in total. The van der Waals surface area contributed by atoms with E-state index in [0.29, 0.717) is 5.75 Å². The zero-order valence-electron chi connectivity index (χ0n) is 26.4. The summed E-state index contributed by atoms with van der Waals surface area (Å²) < 4.78 is 35.1. The van der Waals surface area contributed by atoms with E-state index in [-0.39, 0.29) is 35.5 Å². The van der Waals surface area contributed by atoms with E-state index in [1.165, 1.54) is 24.1 Å². The van der Waals surface area contributed by atoms with E-state index in [0.717, 1.165) is 26.6 Å².